The van der Waals surface area contributed by atoms with Crippen molar-refractivity contribution < 1.29 is 13.2 Å². The molecule has 1 rings (SSSR count). The zero-order valence-electron chi connectivity index (χ0n) is 9.84. The zero-order chi connectivity index (χ0) is 12.9. The van der Waals surface area contributed by atoms with Gasteiger partial charge in [-0.05, 0) is 14.0 Å². The second-order valence-electron chi connectivity index (χ2n) is 3.89. The molecule has 7 heteroatoms. The number of rotatable bonds is 6. The lowest BCUT2D eigenvalue weighted by atomic mass is 10.3. The lowest BCUT2D eigenvalue weighted by molar-refractivity contribution is -0.124. The highest BCUT2D eigenvalue weighted by Gasteiger charge is 2.25. The van der Waals surface area contributed by atoms with Gasteiger partial charge in [0.25, 0.3) is 0 Å². The van der Waals surface area contributed by atoms with Crippen LogP contribution in [0.15, 0.2) is 5.51 Å². The van der Waals surface area contributed by atoms with Crippen molar-refractivity contribution in [2.45, 2.75) is 19.6 Å². The number of nitrogens with one attached hydrogen (secondary N) is 1. The predicted octanol–water partition coefficient (Wildman–Crippen LogP) is 2.04. The highest BCUT2D eigenvalue weighted by atomic mass is 32.1. The maximum absolute atomic E-state index is 11.9. The van der Waals surface area contributed by atoms with Crippen molar-refractivity contribution in [3.05, 3.63) is 16.1 Å². The maximum atomic E-state index is 11.9. The average Bonchev–Trinajstić information content (AvgIpc) is 2.58. The molecule has 0 bridgehead atoms. The van der Waals surface area contributed by atoms with Gasteiger partial charge in [-0.3, -0.25) is 4.90 Å². The first-order valence-corrected chi connectivity index (χ1v) is 6.11. The average molecular weight is 267 g/mol. The molecule has 1 aromatic rings. The summed E-state index contributed by atoms with van der Waals surface area (Å²) in [5.41, 5.74) is 2.77. The summed E-state index contributed by atoms with van der Waals surface area (Å²) in [5, 5.41) is 2.37. The summed E-state index contributed by atoms with van der Waals surface area (Å²) in [6.45, 7) is 2.63. The Morgan fingerprint density at radius 3 is 2.71 bits per heavy atom. The van der Waals surface area contributed by atoms with Gasteiger partial charge in [-0.15, -0.1) is 11.3 Å². The third kappa shape index (κ3) is 5.99. The molecule has 0 unspecified atom stereocenters. The molecule has 0 amide bonds. The molecule has 1 heterocycles. The van der Waals surface area contributed by atoms with Gasteiger partial charge in [0.05, 0.1) is 17.7 Å². The van der Waals surface area contributed by atoms with E-state index in [9.17, 15) is 13.2 Å². The molecule has 3 nitrogen and oxygen atoms in total. The molecule has 0 aromatic carbocycles. The Kier molecular flexibility index (Phi) is 5.35. The van der Waals surface area contributed by atoms with Gasteiger partial charge >= 0.3 is 6.18 Å². The molecule has 0 fully saturated rings. The third-order valence-corrected chi connectivity index (χ3v) is 3.17. The number of aromatic nitrogens is 1. The number of aryl methyl sites for hydroxylation is 1. The maximum Gasteiger partial charge on any atom is 0.401 e. The van der Waals surface area contributed by atoms with Crippen molar-refractivity contribution in [2.75, 3.05) is 26.7 Å². The molecule has 17 heavy (non-hydrogen) atoms. The summed E-state index contributed by atoms with van der Waals surface area (Å²) < 4.78 is 35.6. The second kappa shape index (κ2) is 6.32. The van der Waals surface area contributed by atoms with E-state index in [0.717, 1.165) is 17.1 Å². The van der Waals surface area contributed by atoms with E-state index in [1.165, 1.54) is 0 Å². The lowest BCUT2D eigenvalue weighted by Crippen LogP contribution is -2.34. The highest BCUT2D eigenvalue weighted by Crippen LogP contribution is 2.14. The van der Waals surface area contributed by atoms with Crippen LogP contribution in [0.3, 0.4) is 0 Å². The molecule has 0 saturated carbocycles. The van der Waals surface area contributed by atoms with Crippen LogP contribution in [0.2, 0.25) is 0 Å². The number of alkyl halides is 3. The first-order chi connectivity index (χ1) is 7.88. The first-order valence-electron chi connectivity index (χ1n) is 5.23. The van der Waals surface area contributed by atoms with Crippen LogP contribution < -0.4 is 5.32 Å². The van der Waals surface area contributed by atoms with E-state index in [0.29, 0.717) is 13.1 Å². The number of likely N-dealkylation sites (N-methyl/N-ethyl adjacent to an activating group) is 1. The molecule has 0 aliphatic carbocycles. The van der Waals surface area contributed by atoms with Crippen LogP contribution in [-0.4, -0.2) is 42.7 Å². The molecule has 98 valence electrons. The molecule has 0 atom stereocenters. The van der Waals surface area contributed by atoms with Crippen LogP contribution in [-0.2, 0) is 6.54 Å². The van der Waals surface area contributed by atoms with Crippen LogP contribution in [0.5, 0.6) is 0 Å². The highest BCUT2D eigenvalue weighted by molar-refractivity contribution is 7.09. The predicted molar refractivity (Wildman–Crippen MR) is 62.1 cm³/mol. The molecule has 0 aliphatic rings. The van der Waals surface area contributed by atoms with Crippen LogP contribution in [0.25, 0.3) is 0 Å². The van der Waals surface area contributed by atoms with E-state index in [1.807, 2.05) is 18.9 Å². The van der Waals surface area contributed by atoms with Gasteiger partial charge in [0, 0.05) is 24.5 Å². The normalized spacial score (nSPS) is 12.4. The van der Waals surface area contributed by atoms with Gasteiger partial charge in [-0.1, -0.05) is 0 Å². The van der Waals surface area contributed by atoms with Crippen molar-refractivity contribution in [3.63, 3.8) is 0 Å². The van der Waals surface area contributed by atoms with Gasteiger partial charge in [0.2, 0.25) is 0 Å². The van der Waals surface area contributed by atoms with Crippen molar-refractivity contribution in [3.8, 4) is 0 Å². The van der Waals surface area contributed by atoms with E-state index in [2.05, 4.69) is 10.3 Å². The quantitative estimate of drug-likeness (QED) is 0.799. The van der Waals surface area contributed by atoms with Gasteiger partial charge in [-0.2, -0.15) is 13.2 Å². The van der Waals surface area contributed by atoms with Crippen LogP contribution >= 0.6 is 11.3 Å². The fraction of sp³-hybridized carbons (Fsp3) is 0.700. The topological polar surface area (TPSA) is 28.2 Å². The minimum atomic E-state index is -4.13. The van der Waals surface area contributed by atoms with Crippen molar-refractivity contribution in [1.82, 2.24) is 15.2 Å². The summed E-state index contributed by atoms with van der Waals surface area (Å²) in [7, 11) is 1.88. The number of nitrogens with zero attached hydrogens (tertiary/aromatic N) is 2. The summed E-state index contributed by atoms with van der Waals surface area (Å²) in [6, 6.07) is 0. The smallest absolute Gasteiger partial charge is 0.307 e. The molecule has 0 aliphatic heterocycles. The molecular formula is C10H16F3N3S. The Hall–Kier alpha value is -0.660. The number of hydrogen-bond donors (Lipinski definition) is 1. The van der Waals surface area contributed by atoms with E-state index in [1.54, 1.807) is 16.8 Å². The monoisotopic (exact) mass is 267 g/mol. The molecule has 0 radical (unpaired) electrons. The lowest BCUT2D eigenvalue weighted by Gasteiger charge is -2.16. The summed E-state index contributed by atoms with van der Waals surface area (Å²) >= 11 is 1.57. The fourth-order valence-electron chi connectivity index (χ4n) is 1.30. The van der Waals surface area contributed by atoms with E-state index in [-0.39, 0.29) is 0 Å². The largest absolute Gasteiger partial charge is 0.401 e. The minimum Gasteiger partial charge on any atom is -0.307 e. The van der Waals surface area contributed by atoms with Crippen LogP contribution in [0, 0.1) is 6.92 Å². The third-order valence-electron chi connectivity index (χ3n) is 2.25. The standard InChI is InChI=1S/C10H16F3N3S/c1-8-9(17-7-15-8)5-16(2)4-3-14-6-10(11,12)13/h7,14H,3-6H2,1-2H3. The van der Waals surface area contributed by atoms with Crippen LogP contribution in [0.1, 0.15) is 10.6 Å². The van der Waals surface area contributed by atoms with Gasteiger partial charge in [-0.25, -0.2) is 4.98 Å². The minimum absolute atomic E-state index is 0.327. The molecule has 1 aromatic heterocycles. The molecule has 0 spiro atoms. The Labute approximate surface area is 103 Å². The number of thiazole rings is 1. The Bertz CT molecular complexity index is 338. The van der Waals surface area contributed by atoms with Gasteiger partial charge in [0.1, 0.15) is 0 Å². The summed E-state index contributed by atoms with van der Waals surface area (Å²) in [4.78, 5) is 7.26. The zero-order valence-corrected chi connectivity index (χ0v) is 10.7. The second-order valence-corrected chi connectivity index (χ2v) is 4.83. The molecule has 0 saturated heterocycles. The Morgan fingerprint density at radius 2 is 2.18 bits per heavy atom. The molecular weight excluding hydrogens is 251 g/mol. The van der Waals surface area contributed by atoms with E-state index < -0.39 is 12.7 Å². The number of halogens is 3. The van der Waals surface area contributed by atoms with Gasteiger partial charge < -0.3 is 5.32 Å². The van der Waals surface area contributed by atoms with Crippen LogP contribution in [0.4, 0.5) is 13.2 Å². The van der Waals surface area contributed by atoms with Crippen molar-refractivity contribution in [2.24, 2.45) is 0 Å². The SMILES string of the molecule is Cc1ncsc1CN(C)CCNCC(F)(F)F. The summed E-state index contributed by atoms with van der Waals surface area (Å²) in [6.07, 6.45) is -4.13. The fourth-order valence-corrected chi connectivity index (χ4v) is 2.16. The van der Waals surface area contributed by atoms with Gasteiger partial charge in [0.15, 0.2) is 0 Å². The Morgan fingerprint density at radius 1 is 1.47 bits per heavy atom. The van der Waals surface area contributed by atoms with E-state index in [4.69, 9.17) is 0 Å². The number of hydrogen-bond acceptors (Lipinski definition) is 4. The summed E-state index contributed by atoms with van der Waals surface area (Å²) in [5.74, 6) is 0. The van der Waals surface area contributed by atoms with Crippen molar-refractivity contribution in [1.29, 1.82) is 0 Å². The van der Waals surface area contributed by atoms with E-state index >= 15 is 0 Å². The molecule has 1 N–H and O–H groups in total. The van der Waals surface area contributed by atoms with Crippen molar-refractivity contribution >= 4 is 11.3 Å². The first kappa shape index (κ1) is 14.4. The Balaban J connectivity index is 2.18.